The maximum atomic E-state index is 13.2. The quantitative estimate of drug-likeness (QED) is 0.648. The number of carbonyl (C=O) groups excluding carboxylic acids is 1. The fourth-order valence-electron chi connectivity index (χ4n) is 2.81. The zero-order valence-corrected chi connectivity index (χ0v) is 17.5. The molecule has 0 amide bonds. The summed E-state index contributed by atoms with van der Waals surface area (Å²) < 4.78 is 40.6. The number of hydrogen-bond acceptors (Lipinski definition) is 3. The van der Waals surface area contributed by atoms with Gasteiger partial charge in [0, 0.05) is 12.8 Å². The lowest BCUT2D eigenvalue weighted by molar-refractivity contribution is -0.202. The predicted octanol–water partition coefficient (Wildman–Crippen LogP) is 5.92. The zero-order chi connectivity index (χ0) is 21.9. The Balaban J connectivity index is 0.000000370. The third-order valence-corrected chi connectivity index (χ3v) is 4.33. The van der Waals surface area contributed by atoms with Crippen molar-refractivity contribution < 1.29 is 18.0 Å². The number of halogens is 3. The molecule has 1 heterocycles. The van der Waals surface area contributed by atoms with Crippen LogP contribution in [0.1, 0.15) is 65.8 Å². The van der Waals surface area contributed by atoms with Crippen LogP contribution in [0.15, 0.2) is 18.2 Å². The van der Waals surface area contributed by atoms with E-state index in [-0.39, 0.29) is 11.2 Å². The summed E-state index contributed by atoms with van der Waals surface area (Å²) in [5.74, 6) is 0.634. The highest BCUT2D eigenvalue weighted by Crippen LogP contribution is 2.39. The number of nitrogens with zero attached hydrogens (tertiary/aromatic N) is 3. The Morgan fingerprint density at radius 2 is 1.75 bits per heavy atom. The highest BCUT2D eigenvalue weighted by molar-refractivity contribution is 5.79. The molecule has 2 rings (SSSR count). The second-order valence-electron chi connectivity index (χ2n) is 8.50. The number of hydrogen-bond donors (Lipinski definition) is 0. The summed E-state index contributed by atoms with van der Waals surface area (Å²) in [7, 11) is 0. The number of aromatic nitrogens is 2. The van der Waals surface area contributed by atoms with Gasteiger partial charge < -0.3 is 4.57 Å². The molecule has 1 aromatic heterocycles. The number of alkyl halides is 3. The van der Waals surface area contributed by atoms with Crippen LogP contribution in [0.2, 0.25) is 0 Å². The minimum absolute atomic E-state index is 0.174. The Kier molecular flexibility index (Phi) is 7.05. The van der Waals surface area contributed by atoms with Crippen LogP contribution in [-0.4, -0.2) is 21.5 Å². The van der Waals surface area contributed by atoms with E-state index in [0.717, 1.165) is 18.4 Å². The average Bonchev–Trinajstić information content (AvgIpc) is 2.87. The Bertz CT molecular complexity index is 881. The van der Waals surface area contributed by atoms with E-state index in [1.54, 1.807) is 12.1 Å². The maximum Gasteiger partial charge on any atom is 0.411 e. The molecule has 0 aliphatic rings. The van der Waals surface area contributed by atoms with Crippen molar-refractivity contribution in [1.29, 1.82) is 5.26 Å². The van der Waals surface area contributed by atoms with E-state index in [1.165, 1.54) is 13.0 Å². The Hall–Kier alpha value is -2.36. The highest BCUT2D eigenvalue weighted by Gasteiger charge is 2.50. The number of imidazole rings is 1. The molecular formula is C21H28F3N3O. The van der Waals surface area contributed by atoms with E-state index in [0.29, 0.717) is 35.2 Å². The summed E-state index contributed by atoms with van der Waals surface area (Å²) in [6.07, 6.45) is -3.02. The summed E-state index contributed by atoms with van der Waals surface area (Å²) in [4.78, 5) is 14.9. The molecular weight excluding hydrogens is 367 g/mol. The molecule has 0 aliphatic carbocycles. The molecule has 0 fully saturated rings. The summed E-state index contributed by atoms with van der Waals surface area (Å²) in [5.41, 5.74) is -0.827. The van der Waals surface area contributed by atoms with E-state index in [9.17, 15) is 18.0 Å². The molecule has 0 aliphatic heterocycles. The van der Waals surface area contributed by atoms with Gasteiger partial charge in [-0.1, -0.05) is 27.7 Å². The summed E-state index contributed by atoms with van der Waals surface area (Å²) in [6.45, 7) is 11.9. The topological polar surface area (TPSA) is 58.7 Å². The third-order valence-electron chi connectivity index (χ3n) is 4.33. The fraction of sp³-hybridized carbons (Fsp3) is 0.571. The van der Waals surface area contributed by atoms with Gasteiger partial charge in [0.25, 0.3) is 0 Å². The van der Waals surface area contributed by atoms with Gasteiger partial charge >= 0.3 is 6.18 Å². The number of rotatable bonds is 3. The van der Waals surface area contributed by atoms with Crippen molar-refractivity contribution in [1.82, 2.24) is 9.55 Å². The van der Waals surface area contributed by atoms with E-state index in [2.05, 4.69) is 25.8 Å². The zero-order valence-electron chi connectivity index (χ0n) is 17.5. The number of fused-ring (bicyclic) bond motifs is 1. The van der Waals surface area contributed by atoms with Crippen molar-refractivity contribution in [3.8, 4) is 6.07 Å². The molecule has 0 spiro atoms. The Morgan fingerprint density at radius 1 is 1.18 bits per heavy atom. The van der Waals surface area contributed by atoms with Crippen LogP contribution in [0, 0.1) is 23.7 Å². The lowest BCUT2D eigenvalue weighted by Crippen LogP contribution is -2.42. The Labute approximate surface area is 164 Å². The van der Waals surface area contributed by atoms with Crippen LogP contribution in [0.25, 0.3) is 11.0 Å². The highest BCUT2D eigenvalue weighted by atomic mass is 19.4. The molecule has 0 bridgehead atoms. The molecule has 0 atom stereocenters. The SMILES string of the molecule is CCC(=O)CC(C)(C)C.Cc1nc2ccc(C#N)cc2n1C(C)(C)C(F)(F)F. The van der Waals surface area contributed by atoms with E-state index >= 15 is 0 Å². The number of ketones is 1. The predicted molar refractivity (Wildman–Crippen MR) is 104 cm³/mol. The van der Waals surface area contributed by atoms with Crippen LogP contribution in [0.5, 0.6) is 0 Å². The molecule has 0 N–H and O–H groups in total. The van der Waals surface area contributed by atoms with Gasteiger partial charge in [-0.05, 0) is 44.4 Å². The second-order valence-corrected chi connectivity index (χ2v) is 8.50. The van der Waals surface area contributed by atoms with Crippen molar-refractivity contribution in [2.24, 2.45) is 5.41 Å². The minimum atomic E-state index is -4.41. The first-order chi connectivity index (χ1) is 12.6. The largest absolute Gasteiger partial charge is 0.411 e. The number of Topliss-reactive ketones (excluding diaryl/α,β-unsaturated/α-hetero) is 1. The maximum absolute atomic E-state index is 13.2. The van der Waals surface area contributed by atoms with Crippen LogP contribution in [-0.2, 0) is 10.3 Å². The number of carbonyl (C=O) groups is 1. The van der Waals surface area contributed by atoms with Crippen LogP contribution < -0.4 is 0 Å². The molecule has 0 saturated carbocycles. The van der Waals surface area contributed by atoms with Crippen molar-refractivity contribution in [3.05, 3.63) is 29.6 Å². The van der Waals surface area contributed by atoms with Gasteiger partial charge in [-0.15, -0.1) is 0 Å². The second kappa shape index (κ2) is 8.34. The third kappa shape index (κ3) is 5.57. The van der Waals surface area contributed by atoms with Crippen molar-refractivity contribution in [2.45, 2.75) is 73.0 Å². The molecule has 7 heteroatoms. The first-order valence-corrected chi connectivity index (χ1v) is 9.12. The monoisotopic (exact) mass is 395 g/mol. The average molecular weight is 395 g/mol. The van der Waals surface area contributed by atoms with Crippen molar-refractivity contribution in [3.63, 3.8) is 0 Å². The van der Waals surface area contributed by atoms with Crippen LogP contribution in [0.4, 0.5) is 13.2 Å². The molecule has 28 heavy (non-hydrogen) atoms. The molecule has 154 valence electrons. The smallest absolute Gasteiger partial charge is 0.313 e. The van der Waals surface area contributed by atoms with Crippen molar-refractivity contribution >= 4 is 16.8 Å². The first-order valence-electron chi connectivity index (χ1n) is 9.12. The Morgan fingerprint density at radius 3 is 2.14 bits per heavy atom. The van der Waals surface area contributed by atoms with Gasteiger partial charge in [0.15, 0.2) is 0 Å². The molecule has 0 radical (unpaired) electrons. The van der Waals surface area contributed by atoms with Gasteiger partial charge in [-0.3, -0.25) is 4.79 Å². The molecule has 4 nitrogen and oxygen atoms in total. The standard InChI is InChI=1S/C13H12F3N3.C8H16O/c1-8-18-10-5-4-9(7-17)6-11(10)19(8)12(2,3)13(14,15)16;1-5-7(9)6-8(2,3)4/h4-6H,1-3H3;5-6H2,1-4H3. The van der Waals surface area contributed by atoms with Crippen LogP contribution in [0.3, 0.4) is 0 Å². The molecule has 0 unspecified atom stereocenters. The first kappa shape index (κ1) is 23.7. The lowest BCUT2D eigenvalue weighted by atomic mass is 9.89. The van der Waals surface area contributed by atoms with Gasteiger partial charge in [0.2, 0.25) is 0 Å². The van der Waals surface area contributed by atoms with Gasteiger partial charge in [0.1, 0.15) is 17.1 Å². The number of aryl methyl sites for hydroxylation is 1. The summed E-state index contributed by atoms with van der Waals surface area (Å²) >= 11 is 0. The summed E-state index contributed by atoms with van der Waals surface area (Å²) in [5, 5.41) is 8.86. The molecule has 1 aromatic carbocycles. The van der Waals surface area contributed by atoms with E-state index < -0.39 is 11.7 Å². The normalized spacial score (nSPS) is 12.3. The van der Waals surface area contributed by atoms with Gasteiger partial charge in [-0.25, -0.2) is 4.98 Å². The molecule has 0 saturated heterocycles. The lowest BCUT2D eigenvalue weighted by Gasteiger charge is -2.31. The van der Waals surface area contributed by atoms with Gasteiger partial charge in [0.05, 0.1) is 22.7 Å². The van der Waals surface area contributed by atoms with Crippen molar-refractivity contribution in [2.75, 3.05) is 0 Å². The van der Waals surface area contributed by atoms with E-state index in [1.807, 2.05) is 13.0 Å². The summed E-state index contributed by atoms with van der Waals surface area (Å²) in [6, 6.07) is 6.46. The van der Waals surface area contributed by atoms with Gasteiger partial charge in [-0.2, -0.15) is 18.4 Å². The van der Waals surface area contributed by atoms with E-state index in [4.69, 9.17) is 5.26 Å². The molecule has 2 aromatic rings. The minimum Gasteiger partial charge on any atom is -0.313 e. The number of nitriles is 1. The fourth-order valence-corrected chi connectivity index (χ4v) is 2.81. The van der Waals surface area contributed by atoms with Crippen LogP contribution >= 0.6 is 0 Å². The number of benzene rings is 1.